The molecule has 0 bridgehead atoms. The number of aromatic nitrogens is 1. The normalized spacial score (nSPS) is 16.2. The standard InChI is InChI=1S/C18H17F3N2O2S/c19-18(20,21)13-3-5-16(22-12-13)25-14-7-9-23(10-8-14)17(24)6-4-15-2-1-11-26-15/h1-6,11-12,14H,7-10H2. The number of pyridine rings is 1. The van der Waals surface area contributed by atoms with Crippen molar-refractivity contribution in [3.05, 3.63) is 52.4 Å². The fourth-order valence-electron chi connectivity index (χ4n) is 2.63. The second-order valence-corrected chi connectivity index (χ2v) is 6.85. The Bertz CT molecular complexity index is 750. The summed E-state index contributed by atoms with van der Waals surface area (Å²) in [5.41, 5.74) is -0.803. The first kappa shape index (κ1) is 18.4. The van der Waals surface area contributed by atoms with E-state index in [-0.39, 0.29) is 17.9 Å². The molecule has 26 heavy (non-hydrogen) atoms. The summed E-state index contributed by atoms with van der Waals surface area (Å²) in [6, 6.07) is 6.04. The average Bonchev–Trinajstić information content (AvgIpc) is 3.13. The van der Waals surface area contributed by atoms with Crippen molar-refractivity contribution in [2.24, 2.45) is 0 Å². The highest BCUT2D eigenvalue weighted by molar-refractivity contribution is 7.10. The van der Waals surface area contributed by atoms with Gasteiger partial charge < -0.3 is 9.64 Å². The Hall–Kier alpha value is -2.35. The molecular formula is C18H17F3N2O2S. The number of carbonyl (C=O) groups is 1. The first-order chi connectivity index (χ1) is 12.4. The molecule has 0 aromatic carbocycles. The van der Waals surface area contributed by atoms with Crippen LogP contribution >= 0.6 is 11.3 Å². The minimum Gasteiger partial charge on any atom is -0.474 e. The van der Waals surface area contributed by atoms with Crippen molar-refractivity contribution in [3.63, 3.8) is 0 Å². The second-order valence-electron chi connectivity index (χ2n) is 5.87. The maximum absolute atomic E-state index is 12.5. The zero-order valence-electron chi connectivity index (χ0n) is 13.8. The van der Waals surface area contributed by atoms with Gasteiger partial charge >= 0.3 is 6.18 Å². The highest BCUT2D eigenvalue weighted by Crippen LogP contribution is 2.29. The van der Waals surface area contributed by atoms with Crippen molar-refractivity contribution in [3.8, 4) is 5.88 Å². The first-order valence-electron chi connectivity index (χ1n) is 8.12. The van der Waals surface area contributed by atoms with Crippen LogP contribution < -0.4 is 4.74 Å². The number of amides is 1. The third kappa shape index (κ3) is 4.85. The maximum atomic E-state index is 12.5. The molecule has 1 fully saturated rings. The summed E-state index contributed by atoms with van der Waals surface area (Å²) < 4.78 is 43.2. The fraction of sp³-hybridized carbons (Fsp3) is 0.333. The molecule has 0 radical (unpaired) electrons. The van der Waals surface area contributed by atoms with E-state index in [0.29, 0.717) is 25.9 Å². The van der Waals surface area contributed by atoms with Crippen LogP contribution in [0.15, 0.2) is 41.9 Å². The number of hydrogen-bond donors (Lipinski definition) is 0. The van der Waals surface area contributed by atoms with Gasteiger partial charge in [0.15, 0.2) is 0 Å². The monoisotopic (exact) mass is 382 g/mol. The minimum atomic E-state index is -4.41. The smallest absolute Gasteiger partial charge is 0.417 e. The molecule has 2 aromatic rings. The van der Waals surface area contributed by atoms with E-state index in [9.17, 15) is 18.0 Å². The predicted octanol–water partition coefficient (Wildman–Crippen LogP) is 4.25. The van der Waals surface area contributed by atoms with Crippen molar-refractivity contribution < 1.29 is 22.7 Å². The van der Waals surface area contributed by atoms with Gasteiger partial charge in [-0.3, -0.25) is 4.79 Å². The first-order valence-corrected chi connectivity index (χ1v) is 9.00. The lowest BCUT2D eigenvalue weighted by atomic mass is 10.1. The van der Waals surface area contributed by atoms with Gasteiger partial charge in [0.25, 0.3) is 0 Å². The molecule has 0 saturated carbocycles. The Morgan fingerprint density at radius 1 is 1.27 bits per heavy atom. The summed E-state index contributed by atoms with van der Waals surface area (Å²) in [5, 5.41) is 1.95. The van der Waals surface area contributed by atoms with Crippen LogP contribution in [-0.4, -0.2) is 35.0 Å². The maximum Gasteiger partial charge on any atom is 0.417 e. The number of likely N-dealkylation sites (tertiary alicyclic amines) is 1. The van der Waals surface area contributed by atoms with Gasteiger partial charge in [-0.1, -0.05) is 6.07 Å². The van der Waals surface area contributed by atoms with E-state index in [0.717, 1.165) is 17.1 Å². The van der Waals surface area contributed by atoms with E-state index >= 15 is 0 Å². The van der Waals surface area contributed by atoms with Gasteiger partial charge in [0, 0.05) is 49.1 Å². The third-order valence-corrected chi connectivity index (χ3v) is 4.88. The Morgan fingerprint density at radius 3 is 2.62 bits per heavy atom. The number of rotatable bonds is 4. The van der Waals surface area contributed by atoms with Crippen LogP contribution in [0.5, 0.6) is 5.88 Å². The van der Waals surface area contributed by atoms with Gasteiger partial charge in [-0.05, 0) is 23.6 Å². The Labute approximate surface area is 152 Å². The van der Waals surface area contributed by atoms with E-state index in [2.05, 4.69) is 4.98 Å². The van der Waals surface area contributed by atoms with E-state index in [1.165, 1.54) is 6.07 Å². The highest BCUT2D eigenvalue weighted by atomic mass is 32.1. The number of thiophene rings is 1. The fourth-order valence-corrected chi connectivity index (χ4v) is 3.25. The number of hydrogen-bond acceptors (Lipinski definition) is 4. The zero-order valence-corrected chi connectivity index (χ0v) is 14.6. The summed E-state index contributed by atoms with van der Waals surface area (Å²) >= 11 is 1.56. The van der Waals surface area contributed by atoms with Crippen molar-refractivity contribution in [1.82, 2.24) is 9.88 Å². The Morgan fingerprint density at radius 2 is 2.04 bits per heavy atom. The van der Waals surface area contributed by atoms with Gasteiger partial charge in [-0.15, -0.1) is 11.3 Å². The molecule has 0 unspecified atom stereocenters. The molecule has 0 atom stereocenters. The van der Waals surface area contributed by atoms with Gasteiger partial charge in [0.05, 0.1) is 5.56 Å². The molecule has 3 rings (SSSR count). The molecule has 1 aliphatic heterocycles. The average molecular weight is 382 g/mol. The quantitative estimate of drug-likeness (QED) is 0.743. The topological polar surface area (TPSA) is 42.4 Å². The van der Waals surface area contributed by atoms with Gasteiger partial charge in [-0.2, -0.15) is 13.2 Å². The second kappa shape index (κ2) is 7.90. The van der Waals surface area contributed by atoms with E-state index in [1.54, 1.807) is 28.4 Å². The number of alkyl halides is 3. The molecule has 1 aliphatic rings. The molecule has 8 heteroatoms. The summed E-state index contributed by atoms with van der Waals surface area (Å²) in [5.74, 6) is 0.116. The van der Waals surface area contributed by atoms with Crippen LogP contribution in [0, 0.1) is 0 Å². The molecule has 138 valence electrons. The number of ether oxygens (including phenoxy) is 1. The molecule has 1 saturated heterocycles. The molecule has 0 N–H and O–H groups in total. The van der Waals surface area contributed by atoms with E-state index in [1.807, 2.05) is 17.5 Å². The molecule has 4 nitrogen and oxygen atoms in total. The molecule has 0 aliphatic carbocycles. The molecule has 0 spiro atoms. The van der Waals surface area contributed by atoms with Crippen LogP contribution in [0.2, 0.25) is 0 Å². The van der Waals surface area contributed by atoms with Crippen LogP contribution in [-0.2, 0) is 11.0 Å². The zero-order chi connectivity index (χ0) is 18.6. The molecular weight excluding hydrogens is 365 g/mol. The Balaban J connectivity index is 1.48. The van der Waals surface area contributed by atoms with E-state index < -0.39 is 11.7 Å². The van der Waals surface area contributed by atoms with Crippen LogP contribution in [0.3, 0.4) is 0 Å². The van der Waals surface area contributed by atoms with Crippen molar-refractivity contribution in [2.75, 3.05) is 13.1 Å². The lowest BCUT2D eigenvalue weighted by Crippen LogP contribution is -2.41. The highest BCUT2D eigenvalue weighted by Gasteiger charge is 2.31. The van der Waals surface area contributed by atoms with Gasteiger partial charge in [0.2, 0.25) is 11.8 Å². The lowest BCUT2D eigenvalue weighted by Gasteiger charge is -2.31. The van der Waals surface area contributed by atoms with Crippen LogP contribution in [0.1, 0.15) is 23.3 Å². The van der Waals surface area contributed by atoms with Crippen LogP contribution in [0.25, 0.3) is 6.08 Å². The number of carbonyl (C=O) groups excluding carboxylic acids is 1. The summed E-state index contributed by atoms with van der Waals surface area (Å²) in [6.07, 6.45) is 0.774. The molecule has 2 aromatic heterocycles. The van der Waals surface area contributed by atoms with E-state index in [4.69, 9.17) is 4.74 Å². The van der Waals surface area contributed by atoms with Crippen molar-refractivity contribution in [2.45, 2.75) is 25.1 Å². The lowest BCUT2D eigenvalue weighted by molar-refractivity contribution is -0.137. The summed E-state index contributed by atoms with van der Waals surface area (Å²) in [6.45, 7) is 1.08. The van der Waals surface area contributed by atoms with Crippen molar-refractivity contribution >= 4 is 23.3 Å². The number of nitrogens with zero attached hydrogens (tertiary/aromatic N) is 2. The van der Waals surface area contributed by atoms with Crippen LogP contribution in [0.4, 0.5) is 13.2 Å². The number of halogens is 3. The third-order valence-electron chi connectivity index (χ3n) is 4.04. The number of piperidine rings is 1. The predicted molar refractivity (Wildman–Crippen MR) is 92.8 cm³/mol. The summed E-state index contributed by atoms with van der Waals surface area (Å²) in [4.78, 5) is 18.7. The van der Waals surface area contributed by atoms with Gasteiger partial charge in [-0.25, -0.2) is 4.98 Å². The Kier molecular flexibility index (Phi) is 5.61. The molecule has 1 amide bonds. The van der Waals surface area contributed by atoms with Gasteiger partial charge in [0.1, 0.15) is 6.10 Å². The minimum absolute atomic E-state index is 0.0514. The van der Waals surface area contributed by atoms with Crippen molar-refractivity contribution in [1.29, 1.82) is 0 Å². The largest absolute Gasteiger partial charge is 0.474 e. The summed E-state index contributed by atoms with van der Waals surface area (Å²) in [7, 11) is 0. The molecule has 3 heterocycles. The SMILES string of the molecule is O=C(C=Cc1cccs1)N1CCC(Oc2ccc(C(F)(F)F)cn2)CC1.